The molecular weight excluding hydrogens is 421 g/mol. The van der Waals surface area contributed by atoms with Gasteiger partial charge in [-0.15, -0.1) is 5.10 Å². The first-order valence-electron chi connectivity index (χ1n) is 8.98. The first-order valence-corrected chi connectivity index (χ1v) is 10.6. The Hall–Kier alpha value is -2.53. The number of aliphatic imine (C=N–C) groups is 1. The van der Waals surface area contributed by atoms with E-state index in [9.17, 15) is 0 Å². The number of para-hydroxylation sites is 1. The number of anilines is 1. The van der Waals surface area contributed by atoms with E-state index < -0.39 is 0 Å². The van der Waals surface area contributed by atoms with Crippen LogP contribution in [0.4, 0.5) is 5.69 Å². The molecule has 0 radical (unpaired) electrons. The second kappa shape index (κ2) is 8.87. The molecule has 6 heteroatoms. The summed E-state index contributed by atoms with van der Waals surface area (Å²) in [5.74, 6) is 0. The Morgan fingerprint density at radius 3 is 2.14 bits per heavy atom. The van der Waals surface area contributed by atoms with Crippen molar-refractivity contribution in [2.75, 3.05) is 5.01 Å². The summed E-state index contributed by atoms with van der Waals surface area (Å²) < 4.78 is 0. The SMILES string of the molecule is C/C(=N\C1=NN(c2ccccc2)C(c2ccc(Cl)cc2)=CS1)c1ccc(Cl)cc1. The number of benzene rings is 3. The number of halogens is 2. The van der Waals surface area contributed by atoms with Gasteiger partial charge in [0.05, 0.1) is 11.4 Å². The quantitative estimate of drug-likeness (QED) is 0.401. The Kier molecular flexibility index (Phi) is 6.05. The first-order chi connectivity index (χ1) is 14.1. The highest BCUT2D eigenvalue weighted by Crippen LogP contribution is 2.34. The van der Waals surface area contributed by atoms with Gasteiger partial charge >= 0.3 is 0 Å². The molecule has 3 nitrogen and oxygen atoms in total. The Labute approximate surface area is 184 Å². The Bertz CT molecular complexity index is 1090. The minimum Gasteiger partial charge on any atom is -0.230 e. The third-order valence-corrected chi connectivity index (χ3v) is 5.58. The third-order valence-electron chi connectivity index (χ3n) is 4.36. The molecule has 144 valence electrons. The minimum atomic E-state index is 0.666. The van der Waals surface area contributed by atoms with Gasteiger partial charge in [-0.25, -0.2) is 10.0 Å². The van der Waals surface area contributed by atoms with Crippen LogP contribution in [-0.4, -0.2) is 10.9 Å². The maximum atomic E-state index is 6.06. The molecule has 1 aliphatic heterocycles. The molecule has 0 aromatic heterocycles. The molecule has 0 fully saturated rings. The summed E-state index contributed by atoms with van der Waals surface area (Å²) in [4.78, 5) is 4.73. The zero-order valence-corrected chi connectivity index (χ0v) is 17.9. The van der Waals surface area contributed by atoms with Crippen molar-refractivity contribution in [1.29, 1.82) is 0 Å². The van der Waals surface area contributed by atoms with E-state index in [1.165, 1.54) is 11.8 Å². The molecule has 0 spiro atoms. The average Bonchev–Trinajstić information content (AvgIpc) is 2.75. The molecule has 0 saturated carbocycles. The highest BCUT2D eigenvalue weighted by Gasteiger charge is 2.19. The van der Waals surface area contributed by atoms with Crippen LogP contribution in [0.3, 0.4) is 0 Å². The Morgan fingerprint density at radius 1 is 0.862 bits per heavy atom. The van der Waals surface area contributed by atoms with Crippen molar-refractivity contribution < 1.29 is 0 Å². The van der Waals surface area contributed by atoms with Crippen molar-refractivity contribution in [2.24, 2.45) is 10.1 Å². The van der Waals surface area contributed by atoms with E-state index in [4.69, 9.17) is 33.3 Å². The molecule has 0 aliphatic carbocycles. The average molecular weight is 438 g/mol. The molecule has 3 aromatic carbocycles. The molecule has 1 heterocycles. The van der Waals surface area contributed by atoms with E-state index in [-0.39, 0.29) is 0 Å². The van der Waals surface area contributed by atoms with E-state index in [1.807, 2.05) is 90.8 Å². The van der Waals surface area contributed by atoms with Gasteiger partial charge in [0.2, 0.25) is 5.17 Å². The van der Waals surface area contributed by atoms with Gasteiger partial charge in [0, 0.05) is 26.7 Å². The summed E-state index contributed by atoms with van der Waals surface area (Å²) in [6.07, 6.45) is 0. The van der Waals surface area contributed by atoms with Gasteiger partial charge in [0.15, 0.2) is 0 Å². The van der Waals surface area contributed by atoms with Crippen LogP contribution in [0.15, 0.2) is 94.4 Å². The molecule has 0 saturated heterocycles. The van der Waals surface area contributed by atoms with Gasteiger partial charge in [0.1, 0.15) is 0 Å². The number of thioether (sulfide) groups is 1. The summed E-state index contributed by atoms with van der Waals surface area (Å²) in [7, 11) is 0. The smallest absolute Gasteiger partial charge is 0.211 e. The van der Waals surface area contributed by atoms with Crippen LogP contribution in [0.5, 0.6) is 0 Å². The molecule has 0 N–H and O–H groups in total. The molecule has 0 unspecified atom stereocenters. The minimum absolute atomic E-state index is 0.666. The zero-order valence-electron chi connectivity index (χ0n) is 15.6. The molecular formula is C23H17Cl2N3S. The maximum Gasteiger partial charge on any atom is 0.211 e. The summed E-state index contributed by atoms with van der Waals surface area (Å²) in [5.41, 5.74) is 4.86. The van der Waals surface area contributed by atoms with Gasteiger partial charge in [-0.3, -0.25) is 0 Å². The lowest BCUT2D eigenvalue weighted by atomic mass is 10.1. The number of hydrogen-bond acceptors (Lipinski definition) is 4. The van der Waals surface area contributed by atoms with Crippen molar-refractivity contribution in [3.05, 3.63) is 105 Å². The summed E-state index contributed by atoms with van der Waals surface area (Å²) in [6, 6.07) is 25.4. The monoisotopic (exact) mass is 437 g/mol. The van der Waals surface area contributed by atoms with Crippen molar-refractivity contribution >= 4 is 57.2 Å². The largest absolute Gasteiger partial charge is 0.230 e. The summed E-state index contributed by atoms with van der Waals surface area (Å²) in [5, 5.41) is 10.9. The lowest BCUT2D eigenvalue weighted by molar-refractivity contribution is 1.09. The third kappa shape index (κ3) is 4.73. The fourth-order valence-electron chi connectivity index (χ4n) is 2.85. The first kappa shape index (κ1) is 19.8. The fraction of sp³-hybridized carbons (Fsp3) is 0.0435. The number of rotatable bonds is 3. The van der Waals surface area contributed by atoms with Gasteiger partial charge in [-0.2, -0.15) is 0 Å². The Morgan fingerprint density at radius 2 is 1.48 bits per heavy atom. The van der Waals surface area contributed by atoms with Crippen LogP contribution in [0.25, 0.3) is 5.70 Å². The highest BCUT2D eigenvalue weighted by atomic mass is 35.5. The molecule has 0 amide bonds. The lowest BCUT2D eigenvalue weighted by Gasteiger charge is -2.26. The molecule has 4 rings (SSSR count). The topological polar surface area (TPSA) is 28.0 Å². The van der Waals surface area contributed by atoms with Crippen LogP contribution < -0.4 is 5.01 Å². The normalized spacial score (nSPS) is 14.4. The molecule has 1 aliphatic rings. The highest BCUT2D eigenvalue weighted by molar-refractivity contribution is 8.16. The van der Waals surface area contributed by atoms with Gasteiger partial charge in [-0.05, 0) is 48.9 Å². The molecule has 29 heavy (non-hydrogen) atoms. The van der Waals surface area contributed by atoms with Crippen LogP contribution in [0, 0.1) is 0 Å². The predicted molar refractivity (Wildman–Crippen MR) is 127 cm³/mol. The van der Waals surface area contributed by atoms with Gasteiger partial charge in [0.25, 0.3) is 0 Å². The molecule has 0 atom stereocenters. The number of hydrogen-bond donors (Lipinski definition) is 0. The fourth-order valence-corrected chi connectivity index (χ4v) is 3.87. The number of hydrazone groups is 1. The van der Waals surface area contributed by atoms with Crippen LogP contribution >= 0.6 is 35.0 Å². The van der Waals surface area contributed by atoms with Crippen molar-refractivity contribution in [3.8, 4) is 0 Å². The van der Waals surface area contributed by atoms with Crippen LogP contribution in [-0.2, 0) is 0 Å². The zero-order chi connectivity index (χ0) is 20.2. The van der Waals surface area contributed by atoms with Crippen LogP contribution in [0.2, 0.25) is 10.0 Å². The van der Waals surface area contributed by atoms with Crippen molar-refractivity contribution in [2.45, 2.75) is 6.92 Å². The van der Waals surface area contributed by atoms with Gasteiger partial charge < -0.3 is 0 Å². The molecule has 0 bridgehead atoms. The van der Waals surface area contributed by atoms with Gasteiger partial charge in [-0.1, -0.05) is 77.4 Å². The van der Waals surface area contributed by atoms with E-state index >= 15 is 0 Å². The molecule has 3 aromatic rings. The predicted octanol–water partition coefficient (Wildman–Crippen LogP) is 7.33. The standard InChI is InChI=1S/C23H17Cl2N3S/c1-16(17-7-11-19(24)12-8-17)26-23-27-28(21-5-3-2-4-6-21)22(15-29-23)18-9-13-20(25)14-10-18/h2-15H,1H3/b26-16+. The van der Waals surface area contributed by atoms with Crippen molar-refractivity contribution in [1.82, 2.24) is 0 Å². The van der Waals surface area contributed by atoms with E-state index in [0.717, 1.165) is 28.2 Å². The second-order valence-corrected chi connectivity index (χ2v) is 8.07. The number of nitrogens with zero attached hydrogens (tertiary/aromatic N) is 3. The van der Waals surface area contributed by atoms with E-state index in [1.54, 1.807) is 0 Å². The van der Waals surface area contributed by atoms with E-state index in [0.29, 0.717) is 15.2 Å². The van der Waals surface area contributed by atoms with Crippen molar-refractivity contribution in [3.63, 3.8) is 0 Å². The Balaban J connectivity index is 1.70. The maximum absolute atomic E-state index is 6.06. The second-order valence-electron chi connectivity index (χ2n) is 6.36. The van der Waals surface area contributed by atoms with Crippen LogP contribution in [0.1, 0.15) is 18.1 Å². The summed E-state index contributed by atoms with van der Waals surface area (Å²) >= 11 is 13.5. The lowest BCUT2D eigenvalue weighted by Crippen LogP contribution is -2.19. The summed E-state index contributed by atoms with van der Waals surface area (Å²) in [6.45, 7) is 1.97. The number of amidine groups is 1. The van der Waals surface area contributed by atoms with E-state index in [2.05, 4.69) is 5.41 Å².